The van der Waals surface area contributed by atoms with Crippen molar-refractivity contribution in [1.82, 2.24) is 24.1 Å². The van der Waals surface area contributed by atoms with Crippen LogP contribution < -0.4 is 0 Å². The van der Waals surface area contributed by atoms with Crippen molar-refractivity contribution >= 4 is 11.4 Å². The standard InChI is InChI=1S/C17H16F3N5O/c18-17(19,20)14-6-9-25(22-14)13-5-3-7-23(11-13)16(26)15-21-10-12-4-1-2-8-24(12)15/h1-2,4,6,8-10,13H,3,5,7,11H2. The van der Waals surface area contributed by atoms with Crippen LogP contribution in [0.3, 0.4) is 0 Å². The lowest BCUT2D eigenvalue weighted by atomic mass is 10.1. The number of halogens is 3. The van der Waals surface area contributed by atoms with Gasteiger partial charge in [-0.1, -0.05) is 6.07 Å². The van der Waals surface area contributed by atoms with Gasteiger partial charge in [-0.3, -0.25) is 13.9 Å². The van der Waals surface area contributed by atoms with Crippen molar-refractivity contribution in [3.05, 3.63) is 54.4 Å². The summed E-state index contributed by atoms with van der Waals surface area (Å²) < 4.78 is 41.3. The van der Waals surface area contributed by atoms with E-state index in [9.17, 15) is 18.0 Å². The van der Waals surface area contributed by atoms with Crippen LogP contribution in [0.5, 0.6) is 0 Å². The highest BCUT2D eigenvalue weighted by atomic mass is 19.4. The van der Waals surface area contributed by atoms with Crippen LogP contribution in [-0.2, 0) is 6.18 Å². The summed E-state index contributed by atoms with van der Waals surface area (Å²) in [6, 6.07) is 6.20. The molecular formula is C17H16F3N5O. The largest absolute Gasteiger partial charge is 0.435 e. The molecule has 0 N–H and O–H groups in total. The Bertz CT molecular complexity index is 945. The molecule has 1 saturated heterocycles. The Morgan fingerprint density at radius 2 is 2.04 bits per heavy atom. The minimum Gasteiger partial charge on any atom is -0.334 e. The number of amides is 1. The zero-order valence-electron chi connectivity index (χ0n) is 13.7. The molecule has 3 aromatic rings. The van der Waals surface area contributed by atoms with Gasteiger partial charge in [-0.2, -0.15) is 18.3 Å². The summed E-state index contributed by atoms with van der Waals surface area (Å²) in [5.41, 5.74) is -0.105. The van der Waals surface area contributed by atoms with E-state index in [1.54, 1.807) is 21.7 Å². The van der Waals surface area contributed by atoms with Crippen LogP contribution in [0, 0.1) is 0 Å². The molecule has 1 aliphatic heterocycles. The number of aromatic nitrogens is 4. The minimum absolute atomic E-state index is 0.232. The average molecular weight is 363 g/mol. The Balaban J connectivity index is 1.55. The molecule has 136 valence electrons. The Labute approximate surface area is 146 Å². The molecular weight excluding hydrogens is 347 g/mol. The number of carbonyl (C=O) groups excluding carboxylic acids is 1. The summed E-state index contributed by atoms with van der Waals surface area (Å²) in [4.78, 5) is 18.7. The first-order chi connectivity index (χ1) is 12.4. The van der Waals surface area contributed by atoms with Crippen LogP contribution in [0.15, 0.2) is 42.9 Å². The van der Waals surface area contributed by atoms with E-state index in [-0.39, 0.29) is 11.9 Å². The molecule has 1 atom stereocenters. The number of nitrogens with zero attached hydrogens (tertiary/aromatic N) is 5. The number of pyridine rings is 1. The highest BCUT2D eigenvalue weighted by molar-refractivity contribution is 5.92. The maximum atomic E-state index is 12.8. The topological polar surface area (TPSA) is 55.4 Å². The van der Waals surface area contributed by atoms with Gasteiger partial charge in [-0.25, -0.2) is 4.98 Å². The van der Waals surface area contributed by atoms with Crippen molar-refractivity contribution in [3.63, 3.8) is 0 Å². The first-order valence-electron chi connectivity index (χ1n) is 8.27. The zero-order valence-corrected chi connectivity index (χ0v) is 13.7. The van der Waals surface area contributed by atoms with Crippen LogP contribution in [-0.4, -0.2) is 43.1 Å². The van der Waals surface area contributed by atoms with Gasteiger partial charge in [0.1, 0.15) is 0 Å². The molecule has 0 saturated carbocycles. The fourth-order valence-corrected chi connectivity index (χ4v) is 3.29. The fourth-order valence-electron chi connectivity index (χ4n) is 3.29. The Hall–Kier alpha value is -2.84. The number of hydrogen-bond acceptors (Lipinski definition) is 3. The average Bonchev–Trinajstić information content (AvgIpc) is 3.28. The molecule has 6 nitrogen and oxygen atoms in total. The van der Waals surface area contributed by atoms with E-state index in [1.165, 1.54) is 10.9 Å². The van der Waals surface area contributed by atoms with Crippen molar-refractivity contribution in [1.29, 1.82) is 0 Å². The SMILES string of the molecule is O=C(c1ncc2ccccn12)N1CCCC(n2ccc(C(F)(F)F)n2)C1. The van der Waals surface area contributed by atoms with E-state index >= 15 is 0 Å². The molecule has 0 bridgehead atoms. The van der Waals surface area contributed by atoms with E-state index in [0.29, 0.717) is 31.8 Å². The van der Waals surface area contributed by atoms with Crippen LogP contribution in [0.4, 0.5) is 13.2 Å². The van der Waals surface area contributed by atoms with Gasteiger partial charge < -0.3 is 4.90 Å². The van der Waals surface area contributed by atoms with Crippen LogP contribution in [0.25, 0.3) is 5.52 Å². The first kappa shape index (κ1) is 16.6. The molecule has 1 unspecified atom stereocenters. The maximum Gasteiger partial charge on any atom is 0.435 e. The molecule has 0 aliphatic carbocycles. The smallest absolute Gasteiger partial charge is 0.334 e. The lowest BCUT2D eigenvalue weighted by Gasteiger charge is -2.32. The summed E-state index contributed by atoms with van der Waals surface area (Å²) >= 11 is 0. The highest BCUT2D eigenvalue weighted by Gasteiger charge is 2.35. The number of hydrogen-bond donors (Lipinski definition) is 0. The number of likely N-dealkylation sites (tertiary alicyclic amines) is 1. The third kappa shape index (κ3) is 2.93. The molecule has 4 rings (SSSR count). The first-order valence-corrected chi connectivity index (χ1v) is 8.27. The Morgan fingerprint density at radius 1 is 1.19 bits per heavy atom. The predicted octanol–water partition coefficient (Wildman–Crippen LogP) is 3.03. The zero-order chi connectivity index (χ0) is 18.3. The number of imidazole rings is 1. The van der Waals surface area contributed by atoms with Gasteiger partial charge in [-0.05, 0) is 31.0 Å². The summed E-state index contributed by atoms with van der Waals surface area (Å²) in [5.74, 6) is 0.0711. The molecule has 9 heteroatoms. The Morgan fingerprint density at radius 3 is 2.81 bits per heavy atom. The fraction of sp³-hybridized carbons (Fsp3) is 0.353. The minimum atomic E-state index is -4.47. The second-order valence-electron chi connectivity index (χ2n) is 6.30. The van der Waals surface area contributed by atoms with Crippen molar-refractivity contribution in [2.75, 3.05) is 13.1 Å². The molecule has 0 spiro atoms. The summed E-state index contributed by atoms with van der Waals surface area (Å²) in [6.45, 7) is 0.851. The van der Waals surface area contributed by atoms with E-state index in [4.69, 9.17) is 0 Å². The van der Waals surface area contributed by atoms with Crippen LogP contribution in [0.2, 0.25) is 0 Å². The molecule has 1 aliphatic rings. The third-order valence-electron chi connectivity index (χ3n) is 4.59. The molecule has 3 aromatic heterocycles. The number of fused-ring (bicyclic) bond motifs is 1. The molecule has 0 aromatic carbocycles. The normalized spacial score (nSPS) is 18.4. The molecule has 1 fully saturated rings. The summed E-state index contributed by atoms with van der Waals surface area (Å²) in [6.07, 6.45) is 1.61. The van der Waals surface area contributed by atoms with Crippen molar-refractivity contribution in [3.8, 4) is 0 Å². The second-order valence-corrected chi connectivity index (χ2v) is 6.30. The Kier molecular flexibility index (Phi) is 3.93. The third-order valence-corrected chi connectivity index (χ3v) is 4.59. The second kappa shape index (κ2) is 6.15. The number of piperidine rings is 1. The van der Waals surface area contributed by atoms with Gasteiger partial charge in [-0.15, -0.1) is 0 Å². The molecule has 0 radical (unpaired) electrons. The van der Waals surface area contributed by atoms with E-state index in [2.05, 4.69) is 10.1 Å². The number of carbonyl (C=O) groups is 1. The molecule has 1 amide bonds. The summed E-state index contributed by atoms with van der Waals surface area (Å²) in [7, 11) is 0. The van der Waals surface area contributed by atoms with Crippen molar-refractivity contribution in [2.24, 2.45) is 0 Å². The number of rotatable bonds is 2. The predicted molar refractivity (Wildman–Crippen MR) is 86.6 cm³/mol. The van der Waals surface area contributed by atoms with Gasteiger partial charge in [0.15, 0.2) is 5.69 Å². The van der Waals surface area contributed by atoms with Gasteiger partial charge in [0.25, 0.3) is 5.91 Å². The maximum absolute atomic E-state index is 12.8. The summed E-state index contributed by atoms with van der Waals surface area (Å²) in [5, 5.41) is 3.64. The van der Waals surface area contributed by atoms with Crippen LogP contribution >= 0.6 is 0 Å². The van der Waals surface area contributed by atoms with Crippen molar-refractivity contribution in [2.45, 2.75) is 25.1 Å². The molecule has 4 heterocycles. The van der Waals surface area contributed by atoms with E-state index in [1.807, 2.05) is 18.2 Å². The monoisotopic (exact) mass is 363 g/mol. The highest BCUT2D eigenvalue weighted by Crippen LogP contribution is 2.29. The van der Waals surface area contributed by atoms with Gasteiger partial charge in [0.2, 0.25) is 5.82 Å². The van der Waals surface area contributed by atoms with Crippen molar-refractivity contribution < 1.29 is 18.0 Å². The van der Waals surface area contributed by atoms with Gasteiger partial charge in [0.05, 0.1) is 17.8 Å². The number of alkyl halides is 3. The van der Waals surface area contributed by atoms with Gasteiger partial charge in [0, 0.05) is 25.5 Å². The lowest BCUT2D eigenvalue weighted by molar-refractivity contribution is -0.141. The lowest BCUT2D eigenvalue weighted by Crippen LogP contribution is -2.41. The molecule has 26 heavy (non-hydrogen) atoms. The van der Waals surface area contributed by atoms with Gasteiger partial charge >= 0.3 is 6.18 Å². The van der Waals surface area contributed by atoms with E-state index in [0.717, 1.165) is 11.6 Å². The van der Waals surface area contributed by atoms with Crippen LogP contribution in [0.1, 0.15) is 35.2 Å². The quantitative estimate of drug-likeness (QED) is 0.703. The van der Waals surface area contributed by atoms with E-state index < -0.39 is 11.9 Å².